The van der Waals surface area contributed by atoms with Crippen LogP contribution in [0.25, 0.3) is 0 Å². The molecule has 1 aromatic carbocycles. The van der Waals surface area contributed by atoms with Crippen LogP contribution in [0.4, 0.5) is 0 Å². The van der Waals surface area contributed by atoms with Crippen LogP contribution >= 0.6 is 0 Å². The summed E-state index contributed by atoms with van der Waals surface area (Å²) < 4.78 is 0. The minimum Gasteiger partial charge on any atom is -0.352 e. The van der Waals surface area contributed by atoms with Gasteiger partial charge in [-0.15, -0.1) is 0 Å². The van der Waals surface area contributed by atoms with Crippen molar-refractivity contribution in [3.8, 4) is 0 Å². The van der Waals surface area contributed by atoms with Crippen molar-refractivity contribution < 1.29 is 9.59 Å². The van der Waals surface area contributed by atoms with Crippen molar-refractivity contribution >= 4 is 11.8 Å². The molecular formula is C19H29N3O2. The van der Waals surface area contributed by atoms with Gasteiger partial charge in [0.25, 0.3) is 5.91 Å². The van der Waals surface area contributed by atoms with Crippen LogP contribution in [0.3, 0.4) is 0 Å². The number of hydrogen-bond donors (Lipinski definition) is 2. The number of likely N-dealkylation sites (tertiary alicyclic amines) is 1. The molecule has 24 heavy (non-hydrogen) atoms. The van der Waals surface area contributed by atoms with Crippen molar-refractivity contribution in [3.63, 3.8) is 0 Å². The third-order valence-corrected chi connectivity index (χ3v) is 4.67. The van der Waals surface area contributed by atoms with Gasteiger partial charge in [-0.1, -0.05) is 13.0 Å². The van der Waals surface area contributed by atoms with Gasteiger partial charge < -0.3 is 15.5 Å². The Hall–Kier alpha value is -1.88. The lowest BCUT2D eigenvalue weighted by molar-refractivity contribution is -0.121. The number of rotatable bonds is 6. The topological polar surface area (TPSA) is 61.4 Å². The van der Waals surface area contributed by atoms with E-state index in [9.17, 15) is 9.59 Å². The Labute approximate surface area is 144 Å². The number of carbonyl (C=O) groups is 2. The van der Waals surface area contributed by atoms with E-state index in [1.807, 2.05) is 26.0 Å². The van der Waals surface area contributed by atoms with Crippen molar-refractivity contribution in [1.29, 1.82) is 0 Å². The second kappa shape index (κ2) is 8.83. The van der Waals surface area contributed by atoms with Crippen molar-refractivity contribution in [1.82, 2.24) is 15.5 Å². The van der Waals surface area contributed by atoms with Crippen molar-refractivity contribution in [3.05, 3.63) is 34.9 Å². The monoisotopic (exact) mass is 331 g/mol. The van der Waals surface area contributed by atoms with Gasteiger partial charge in [-0.3, -0.25) is 9.59 Å². The Kier molecular flexibility index (Phi) is 6.79. The van der Waals surface area contributed by atoms with Gasteiger partial charge in [0.15, 0.2) is 0 Å². The maximum absolute atomic E-state index is 12.1. The van der Waals surface area contributed by atoms with Gasteiger partial charge >= 0.3 is 0 Å². The molecule has 2 amide bonds. The Morgan fingerprint density at radius 3 is 2.50 bits per heavy atom. The summed E-state index contributed by atoms with van der Waals surface area (Å²) in [6.45, 7) is 9.40. The summed E-state index contributed by atoms with van der Waals surface area (Å²) in [5, 5.41) is 5.73. The first-order chi connectivity index (χ1) is 11.5. The Balaban J connectivity index is 1.73. The minimum absolute atomic E-state index is 0.0287. The molecule has 1 aliphatic rings. The first-order valence-corrected chi connectivity index (χ1v) is 8.86. The molecule has 1 aliphatic heterocycles. The number of carbonyl (C=O) groups excluding carboxylic acids is 2. The SMILES string of the molecule is CCCN1CCC(NC(=O)CNC(=O)c2ccc(C)c(C)c2)CC1. The van der Waals surface area contributed by atoms with Crippen LogP contribution in [-0.4, -0.2) is 48.9 Å². The van der Waals surface area contributed by atoms with E-state index in [0.717, 1.165) is 43.6 Å². The van der Waals surface area contributed by atoms with E-state index in [0.29, 0.717) is 5.56 Å². The van der Waals surface area contributed by atoms with Crippen LogP contribution in [0.1, 0.15) is 47.7 Å². The third kappa shape index (κ3) is 5.34. The number of hydrogen-bond acceptors (Lipinski definition) is 3. The van der Waals surface area contributed by atoms with Gasteiger partial charge in [0, 0.05) is 24.7 Å². The fourth-order valence-corrected chi connectivity index (χ4v) is 3.04. The molecule has 5 nitrogen and oxygen atoms in total. The number of aryl methyl sites for hydroxylation is 2. The molecular weight excluding hydrogens is 302 g/mol. The number of nitrogens with one attached hydrogen (secondary N) is 2. The molecule has 0 bridgehead atoms. The Bertz CT molecular complexity index is 578. The zero-order chi connectivity index (χ0) is 17.5. The number of benzene rings is 1. The van der Waals surface area contributed by atoms with Gasteiger partial charge in [0.05, 0.1) is 6.54 Å². The van der Waals surface area contributed by atoms with Crippen LogP contribution in [0.5, 0.6) is 0 Å². The number of piperidine rings is 1. The van der Waals surface area contributed by atoms with Gasteiger partial charge in [-0.05, 0) is 62.9 Å². The predicted octanol–water partition coefficient (Wildman–Crippen LogP) is 2.02. The van der Waals surface area contributed by atoms with E-state index in [4.69, 9.17) is 0 Å². The van der Waals surface area contributed by atoms with Crippen LogP contribution in [-0.2, 0) is 4.79 Å². The highest BCUT2D eigenvalue weighted by molar-refractivity contribution is 5.96. The summed E-state index contributed by atoms with van der Waals surface area (Å²) in [6, 6.07) is 5.79. The summed E-state index contributed by atoms with van der Waals surface area (Å²) in [7, 11) is 0. The molecule has 0 atom stereocenters. The van der Waals surface area contributed by atoms with Gasteiger partial charge in [0.2, 0.25) is 5.91 Å². The van der Waals surface area contributed by atoms with E-state index in [-0.39, 0.29) is 24.4 Å². The number of amides is 2. The molecule has 0 radical (unpaired) electrons. The standard InChI is InChI=1S/C19H29N3O2/c1-4-9-22-10-7-17(8-11-22)21-18(23)13-20-19(24)16-6-5-14(2)15(3)12-16/h5-6,12,17H,4,7-11,13H2,1-3H3,(H,20,24)(H,21,23). The molecule has 0 aromatic heterocycles. The molecule has 0 aliphatic carbocycles. The largest absolute Gasteiger partial charge is 0.352 e. The van der Waals surface area contributed by atoms with E-state index in [1.54, 1.807) is 6.07 Å². The molecule has 1 aromatic rings. The zero-order valence-corrected chi connectivity index (χ0v) is 15.0. The highest BCUT2D eigenvalue weighted by Gasteiger charge is 2.20. The van der Waals surface area contributed by atoms with Crippen LogP contribution in [0.15, 0.2) is 18.2 Å². The van der Waals surface area contributed by atoms with Crippen molar-refractivity contribution in [2.45, 2.75) is 46.1 Å². The summed E-state index contributed by atoms with van der Waals surface area (Å²) in [6.07, 6.45) is 3.13. The summed E-state index contributed by atoms with van der Waals surface area (Å²) >= 11 is 0. The predicted molar refractivity (Wildman–Crippen MR) is 96.1 cm³/mol. The Morgan fingerprint density at radius 2 is 1.88 bits per heavy atom. The van der Waals surface area contributed by atoms with Crippen molar-refractivity contribution in [2.75, 3.05) is 26.2 Å². The average molecular weight is 331 g/mol. The van der Waals surface area contributed by atoms with Crippen LogP contribution in [0, 0.1) is 13.8 Å². The quantitative estimate of drug-likeness (QED) is 0.838. The van der Waals surface area contributed by atoms with Gasteiger partial charge in [-0.2, -0.15) is 0 Å². The van der Waals surface area contributed by atoms with Crippen molar-refractivity contribution in [2.24, 2.45) is 0 Å². The first kappa shape index (κ1) is 18.5. The molecule has 1 saturated heterocycles. The summed E-state index contributed by atoms with van der Waals surface area (Å²) in [4.78, 5) is 26.6. The molecule has 5 heteroatoms. The fraction of sp³-hybridized carbons (Fsp3) is 0.579. The van der Waals surface area contributed by atoms with Crippen LogP contribution < -0.4 is 10.6 Å². The van der Waals surface area contributed by atoms with Gasteiger partial charge in [-0.25, -0.2) is 0 Å². The average Bonchev–Trinajstić information content (AvgIpc) is 2.57. The maximum Gasteiger partial charge on any atom is 0.251 e. The zero-order valence-electron chi connectivity index (χ0n) is 15.0. The smallest absolute Gasteiger partial charge is 0.251 e. The highest BCUT2D eigenvalue weighted by atomic mass is 16.2. The molecule has 0 unspecified atom stereocenters. The normalized spacial score (nSPS) is 16.0. The lowest BCUT2D eigenvalue weighted by atomic mass is 10.0. The van der Waals surface area contributed by atoms with E-state index in [1.165, 1.54) is 6.42 Å². The minimum atomic E-state index is -0.203. The molecule has 0 spiro atoms. The van der Waals surface area contributed by atoms with Gasteiger partial charge in [0.1, 0.15) is 0 Å². The van der Waals surface area contributed by atoms with E-state index >= 15 is 0 Å². The summed E-state index contributed by atoms with van der Waals surface area (Å²) in [5.74, 6) is -0.313. The fourth-order valence-electron chi connectivity index (χ4n) is 3.04. The lowest BCUT2D eigenvalue weighted by Crippen LogP contribution is -2.47. The molecule has 2 N–H and O–H groups in total. The maximum atomic E-state index is 12.1. The summed E-state index contributed by atoms with van der Waals surface area (Å²) in [5.41, 5.74) is 2.82. The van der Waals surface area contributed by atoms with Crippen LogP contribution in [0.2, 0.25) is 0 Å². The van der Waals surface area contributed by atoms with E-state index in [2.05, 4.69) is 22.5 Å². The van der Waals surface area contributed by atoms with E-state index < -0.39 is 0 Å². The molecule has 1 heterocycles. The third-order valence-electron chi connectivity index (χ3n) is 4.67. The molecule has 1 fully saturated rings. The second-order valence-corrected chi connectivity index (χ2v) is 6.67. The second-order valence-electron chi connectivity index (χ2n) is 6.67. The molecule has 132 valence electrons. The first-order valence-electron chi connectivity index (χ1n) is 8.86. The molecule has 0 saturated carbocycles. The Morgan fingerprint density at radius 1 is 1.17 bits per heavy atom. The number of nitrogens with zero attached hydrogens (tertiary/aromatic N) is 1. The highest BCUT2D eigenvalue weighted by Crippen LogP contribution is 2.11. The molecule has 2 rings (SSSR count). The lowest BCUT2D eigenvalue weighted by Gasteiger charge is -2.32.